The number of nitrogens with zero attached hydrogens (tertiary/aromatic N) is 1. The molecule has 3 rings (SSSR count). The van der Waals surface area contributed by atoms with Gasteiger partial charge in [-0.25, -0.2) is 0 Å². The molecular weight excluding hydrogens is 512 g/mol. The fourth-order valence-corrected chi connectivity index (χ4v) is 3.70. The van der Waals surface area contributed by atoms with Gasteiger partial charge in [0.1, 0.15) is 18.2 Å². The second-order valence-electron chi connectivity index (χ2n) is 6.93. The maximum atomic E-state index is 12.9. The van der Waals surface area contributed by atoms with Crippen LogP contribution in [0.2, 0.25) is 15.1 Å². The Hall–Kier alpha value is -3.18. The molecule has 0 heterocycles. The predicted molar refractivity (Wildman–Crippen MR) is 126 cm³/mol. The highest BCUT2D eigenvalue weighted by Crippen LogP contribution is 2.36. The largest absolute Gasteiger partial charge is 0.486 e. The van der Waals surface area contributed by atoms with E-state index < -0.39 is 17.6 Å². The molecule has 0 saturated heterocycles. The van der Waals surface area contributed by atoms with Crippen LogP contribution in [-0.4, -0.2) is 5.91 Å². The molecule has 3 aromatic rings. The lowest BCUT2D eigenvalue weighted by Crippen LogP contribution is -2.14. The number of hydrogen-bond donors (Lipinski definition) is 1. The molecule has 1 amide bonds. The van der Waals surface area contributed by atoms with Gasteiger partial charge in [0.15, 0.2) is 5.75 Å². The van der Waals surface area contributed by atoms with E-state index in [9.17, 15) is 23.2 Å². The van der Waals surface area contributed by atoms with Crippen LogP contribution < -0.4 is 10.1 Å². The van der Waals surface area contributed by atoms with E-state index in [1.165, 1.54) is 24.3 Å². The summed E-state index contributed by atoms with van der Waals surface area (Å²) in [6, 6.07) is 15.7. The molecular formula is C24H14Cl3F3N2O2. The minimum absolute atomic E-state index is 0.109. The first-order chi connectivity index (χ1) is 16.1. The molecule has 0 aromatic heterocycles. The van der Waals surface area contributed by atoms with Crippen LogP contribution in [0.1, 0.15) is 16.7 Å². The van der Waals surface area contributed by atoms with Crippen molar-refractivity contribution >= 4 is 52.5 Å². The van der Waals surface area contributed by atoms with Gasteiger partial charge in [0, 0.05) is 10.7 Å². The van der Waals surface area contributed by atoms with Crippen LogP contribution in [0.15, 0.2) is 66.2 Å². The van der Waals surface area contributed by atoms with E-state index in [-0.39, 0.29) is 33.7 Å². The summed E-state index contributed by atoms with van der Waals surface area (Å²) in [5.41, 5.74) is -0.291. The molecule has 3 aromatic carbocycles. The molecule has 34 heavy (non-hydrogen) atoms. The van der Waals surface area contributed by atoms with Crippen LogP contribution in [0.5, 0.6) is 5.75 Å². The number of nitrogens with one attached hydrogen (secondary N) is 1. The molecule has 4 nitrogen and oxygen atoms in total. The van der Waals surface area contributed by atoms with Crippen LogP contribution >= 0.6 is 34.8 Å². The number of nitriles is 1. The van der Waals surface area contributed by atoms with Crippen molar-refractivity contribution < 1.29 is 22.7 Å². The quantitative estimate of drug-likeness (QED) is 0.264. The average molecular weight is 526 g/mol. The number of halogens is 6. The monoisotopic (exact) mass is 524 g/mol. The van der Waals surface area contributed by atoms with Crippen molar-refractivity contribution in [3.8, 4) is 11.8 Å². The van der Waals surface area contributed by atoms with Gasteiger partial charge in [-0.15, -0.1) is 0 Å². The number of ether oxygens (including phenoxy) is 1. The smallest absolute Gasteiger partial charge is 0.416 e. The molecule has 0 bridgehead atoms. The molecule has 1 N–H and O–H groups in total. The lowest BCUT2D eigenvalue weighted by molar-refractivity contribution is -0.137. The van der Waals surface area contributed by atoms with Crippen molar-refractivity contribution in [2.24, 2.45) is 0 Å². The molecule has 0 unspecified atom stereocenters. The number of hydrogen-bond acceptors (Lipinski definition) is 3. The fourth-order valence-electron chi connectivity index (χ4n) is 2.87. The van der Waals surface area contributed by atoms with Crippen LogP contribution in [0, 0.1) is 11.3 Å². The highest BCUT2D eigenvalue weighted by atomic mass is 35.5. The van der Waals surface area contributed by atoms with Crippen molar-refractivity contribution in [1.29, 1.82) is 5.26 Å². The van der Waals surface area contributed by atoms with Gasteiger partial charge in [0.05, 0.1) is 15.6 Å². The Kier molecular flexibility index (Phi) is 8.11. The number of carbonyl (C=O) groups excluding carboxylic acids is 1. The third-order valence-corrected chi connectivity index (χ3v) is 5.21. The number of carbonyl (C=O) groups is 1. The molecule has 0 fully saturated rings. The van der Waals surface area contributed by atoms with E-state index in [4.69, 9.17) is 39.5 Å². The lowest BCUT2D eigenvalue weighted by atomic mass is 10.1. The van der Waals surface area contributed by atoms with Gasteiger partial charge in [0.2, 0.25) is 0 Å². The first-order valence-corrected chi connectivity index (χ1v) is 10.7. The minimum Gasteiger partial charge on any atom is -0.486 e. The zero-order valence-corrected chi connectivity index (χ0v) is 19.4. The number of amides is 1. The van der Waals surface area contributed by atoms with Crippen molar-refractivity contribution in [2.45, 2.75) is 12.8 Å². The molecule has 0 saturated carbocycles. The lowest BCUT2D eigenvalue weighted by Gasteiger charge is -2.12. The number of rotatable bonds is 6. The maximum Gasteiger partial charge on any atom is 0.416 e. The van der Waals surface area contributed by atoms with E-state index in [1.807, 2.05) is 6.07 Å². The van der Waals surface area contributed by atoms with E-state index in [1.54, 1.807) is 24.3 Å². The van der Waals surface area contributed by atoms with Gasteiger partial charge in [-0.3, -0.25) is 4.79 Å². The molecule has 0 aliphatic rings. The molecule has 0 spiro atoms. The zero-order chi connectivity index (χ0) is 24.9. The molecule has 174 valence electrons. The summed E-state index contributed by atoms with van der Waals surface area (Å²) in [5, 5.41) is 12.5. The summed E-state index contributed by atoms with van der Waals surface area (Å²) in [5.74, 6) is -0.692. The van der Waals surface area contributed by atoms with Crippen molar-refractivity contribution in [3.63, 3.8) is 0 Å². The summed E-state index contributed by atoms with van der Waals surface area (Å²) in [7, 11) is 0. The molecule has 0 atom stereocenters. The van der Waals surface area contributed by atoms with E-state index in [0.717, 1.165) is 23.8 Å². The Bertz CT molecular complexity index is 1280. The van der Waals surface area contributed by atoms with Crippen LogP contribution in [0.25, 0.3) is 6.08 Å². The topological polar surface area (TPSA) is 62.1 Å². The highest BCUT2D eigenvalue weighted by Gasteiger charge is 2.30. The van der Waals surface area contributed by atoms with E-state index >= 15 is 0 Å². The predicted octanol–water partition coefficient (Wildman–Crippen LogP) is 7.79. The normalized spacial score (nSPS) is 11.6. The van der Waals surface area contributed by atoms with Gasteiger partial charge < -0.3 is 10.1 Å². The number of benzene rings is 3. The standard InChI is InChI=1S/C24H14Cl3F3N2O2/c25-18-5-1-3-14(8-18)13-34-22-20(26)9-15(10-21(22)27)7-16(12-31)23(33)32-19-6-2-4-17(11-19)24(28,29)30/h1-11H,13H2,(H,32,33)/b16-7+. The summed E-state index contributed by atoms with van der Waals surface area (Å²) in [4.78, 5) is 12.4. The fraction of sp³-hybridized carbons (Fsp3) is 0.0833. The minimum atomic E-state index is -4.57. The van der Waals surface area contributed by atoms with Crippen LogP contribution in [0.3, 0.4) is 0 Å². The van der Waals surface area contributed by atoms with Gasteiger partial charge in [-0.1, -0.05) is 53.0 Å². The zero-order valence-electron chi connectivity index (χ0n) is 17.1. The number of alkyl halides is 3. The average Bonchev–Trinajstić information content (AvgIpc) is 2.76. The van der Waals surface area contributed by atoms with Gasteiger partial charge in [-0.05, 0) is 59.7 Å². The van der Waals surface area contributed by atoms with Crippen LogP contribution in [0.4, 0.5) is 18.9 Å². The van der Waals surface area contributed by atoms with E-state index in [2.05, 4.69) is 5.32 Å². The Morgan fingerprint density at radius 1 is 1.03 bits per heavy atom. The second kappa shape index (κ2) is 10.8. The summed E-state index contributed by atoms with van der Waals surface area (Å²) < 4.78 is 44.3. The molecule has 0 aliphatic carbocycles. The first-order valence-electron chi connectivity index (χ1n) is 9.53. The molecule has 0 radical (unpaired) electrons. The van der Waals surface area contributed by atoms with Gasteiger partial charge in [0.25, 0.3) is 5.91 Å². The number of anilines is 1. The molecule has 0 aliphatic heterocycles. The van der Waals surface area contributed by atoms with Gasteiger partial charge >= 0.3 is 6.18 Å². The third-order valence-electron chi connectivity index (χ3n) is 4.42. The van der Waals surface area contributed by atoms with Crippen molar-refractivity contribution in [2.75, 3.05) is 5.32 Å². The Morgan fingerprint density at radius 3 is 2.32 bits per heavy atom. The Balaban J connectivity index is 1.78. The van der Waals surface area contributed by atoms with Crippen molar-refractivity contribution in [1.82, 2.24) is 0 Å². The summed E-state index contributed by atoms with van der Waals surface area (Å²) in [6.45, 7) is 0.151. The van der Waals surface area contributed by atoms with E-state index in [0.29, 0.717) is 10.6 Å². The highest BCUT2D eigenvalue weighted by molar-refractivity contribution is 6.37. The third kappa shape index (κ3) is 6.67. The first kappa shape index (κ1) is 25.4. The Morgan fingerprint density at radius 2 is 1.71 bits per heavy atom. The summed E-state index contributed by atoms with van der Waals surface area (Å²) >= 11 is 18.5. The Labute approximate surface area is 208 Å². The summed E-state index contributed by atoms with van der Waals surface area (Å²) in [6.07, 6.45) is -3.36. The van der Waals surface area contributed by atoms with Crippen LogP contribution in [-0.2, 0) is 17.6 Å². The second-order valence-corrected chi connectivity index (χ2v) is 8.19. The van der Waals surface area contributed by atoms with Crippen molar-refractivity contribution in [3.05, 3.63) is 98.0 Å². The van der Waals surface area contributed by atoms with Gasteiger partial charge in [-0.2, -0.15) is 18.4 Å². The maximum absolute atomic E-state index is 12.9. The SMILES string of the molecule is N#C/C(=C\c1cc(Cl)c(OCc2cccc(Cl)c2)c(Cl)c1)C(=O)Nc1cccc(C(F)(F)F)c1. The molecule has 10 heteroatoms.